The normalized spacial score (nSPS) is 29.4. The number of hydrogen-bond acceptors (Lipinski definition) is 2. The minimum absolute atomic E-state index is 0.327. The molecule has 0 atom stereocenters. The fraction of sp³-hybridized carbons (Fsp3) is 1.00. The van der Waals surface area contributed by atoms with Gasteiger partial charge in [-0.05, 0) is 57.0 Å². The Morgan fingerprint density at radius 2 is 1.50 bits per heavy atom. The van der Waals surface area contributed by atoms with Gasteiger partial charge in [-0.3, -0.25) is 0 Å². The number of aliphatic hydroxyl groups is 1. The highest BCUT2D eigenvalue weighted by atomic mass is 16.3. The third-order valence-electron chi connectivity index (χ3n) is 4.73. The summed E-state index contributed by atoms with van der Waals surface area (Å²) >= 11 is 0. The zero-order valence-electron chi connectivity index (χ0n) is 11.0. The molecule has 3 aliphatic rings. The summed E-state index contributed by atoms with van der Waals surface area (Å²) in [6.45, 7) is 8.16. The van der Waals surface area contributed by atoms with Crippen LogP contribution in [0.2, 0.25) is 0 Å². The molecule has 1 aliphatic heterocycles. The van der Waals surface area contributed by atoms with Crippen molar-refractivity contribution in [3.8, 4) is 0 Å². The molecule has 2 aliphatic carbocycles. The van der Waals surface area contributed by atoms with E-state index < -0.39 is 0 Å². The Balaban J connectivity index is 0.000000457. The minimum atomic E-state index is 0.327. The van der Waals surface area contributed by atoms with Gasteiger partial charge in [0.2, 0.25) is 0 Å². The van der Waals surface area contributed by atoms with Gasteiger partial charge in [0.15, 0.2) is 0 Å². The molecule has 1 heterocycles. The molecule has 0 bridgehead atoms. The summed E-state index contributed by atoms with van der Waals surface area (Å²) < 4.78 is 0. The molecule has 94 valence electrons. The second-order valence-electron chi connectivity index (χ2n) is 5.93. The van der Waals surface area contributed by atoms with E-state index in [-0.39, 0.29) is 0 Å². The maximum atomic E-state index is 9.28. The van der Waals surface area contributed by atoms with Crippen LogP contribution >= 0.6 is 0 Å². The molecule has 0 aromatic heterocycles. The van der Waals surface area contributed by atoms with Crippen LogP contribution in [0.5, 0.6) is 0 Å². The third-order valence-corrected chi connectivity index (χ3v) is 4.73. The first-order valence-electron chi connectivity index (χ1n) is 7.09. The fourth-order valence-electron chi connectivity index (χ4n) is 2.88. The molecule has 2 nitrogen and oxygen atoms in total. The van der Waals surface area contributed by atoms with Gasteiger partial charge in [-0.25, -0.2) is 0 Å². The quantitative estimate of drug-likeness (QED) is 0.798. The third kappa shape index (κ3) is 2.60. The van der Waals surface area contributed by atoms with Crippen LogP contribution in [0, 0.1) is 10.8 Å². The maximum absolute atomic E-state index is 9.28. The summed E-state index contributed by atoms with van der Waals surface area (Å²) in [4.78, 5) is 2.59. The van der Waals surface area contributed by atoms with Gasteiger partial charge in [0.25, 0.3) is 0 Å². The van der Waals surface area contributed by atoms with Crippen molar-refractivity contribution in [3.63, 3.8) is 0 Å². The van der Waals surface area contributed by atoms with Crippen molar-refractivity contribution in [2.75, 3.05) is 26.2 Å². The number of nitrogens with zero attached hydrogens (tertiary/aromatic N) is 1. The fourth-order valence-corrected chi connectivity index (χ4v) is 2.88. The monoisotopic (exact) mass is 225 g/mol. The van der Waals surface area contributed by atoms with Gasteiger partial charge in [0.05, 0.1) is 0 Å². The van der Waals surface area contributed by atoms with Crippen LogP contribution in [-0.4, -0.2) is 36.2 Å². The van der Waals surface area contributed by atoms with Crippen LogP contribution in [0.15, 0.2) is 0 Å². The molecular weight excluding hydrogens is 198 g/mol. The molecule has 0 aromatic rings. The molecule has 3 fully saturated rings. The first kappa shape index (κ1) is 12.4. The lowest BCUT2D eigenvalue weighted by Gasteiger charge is -2.34. The second-order valence-corrected chi connectivity index (χ2v) is 5.93. The van der Waals surface area contributed by atoms with Crippen molar-refractivity contribution in [2.45, 2.75) is 52.4 Å². The number of likely N-dealkylation sites (tertiary alicyclic amines) is 1. The van der Waals surface area contributed by atoms with E-state index in [0.29, 0.717) is 12.0 Å². The molecule has 2 saturated carbocycles. The lowest BCUT2D eigenvalue weighted by Crippen LogP contribution is -2.39. The summed E-state index contributed by atoms with van der Waals surface area (Å²) in [5, 5.41) is 9.28. The minimum Gasteiger partial charge on any atom is -0.396 e. The Hall–Kier alpha value is -0.0800. The molecular formula is C14H27NO. The van der Waals surface area contributed by atoms with Gasteiger partial charge in [-0.2, -0.15) is 0 Å². The maximum Gasteiger partial charge on any atom is 0.0499 e. The first-order chi connectivity index (χ1) is 7.76. The van der Waals surface area contributed by atoms with Crippen LogP contribution in [0.3, 0.4) is 0 Å². The van der Waals surface area contributed by atoms with E-state index in [1.807, 2.05) is 13.8 Å². The summed E-state index contributed by atoms with van der Waals surface area (Å²) in [6.07, 6.45) is 8.34. The Morgan fingerprint density at radius 3 is 1.88 bits per heavy atom. The molecule has 1 N–H and O–H groups in total. The van der Waals surface area contributed by atoms with Gasteiger partial charge >= 0.3 is 0 Å². The highest BCUT2D eigenvalue weighted by Crippen LogP contribution is 2.54. The predicted molar refractivity (Wildman–Crippen MR) is 67.4 cm³/mol. The van der Waals surface area contributed by atoms with Crippen molar-refractivity contribution >= 4 is 0 Å². The highest BCUT2D eigenvalue weighted by molar-refractivity contribution is 5.00. The molecule has 0 radical (unpaired) electrons. The largest absolute Gasteiger partial charge is 0.396 e. The Bertz CT molecular complexity index is 221. The molecule has 0 unspecified atom stereocenters. The molecule has 0 aromatic carbocycles. The van der Waals surface area contributed by atoms with E-state index in [2.05, 4.69) is 4.90 Å². The van der Waals surface area contributed by atoms with Gasteiger partial charge < -0.3 is 10.0 Å². The number of hydrogen-bond donors (Lipinski definition) is 1. The summed E-state index contributed by atoms with van der Waals surface area (Å²) in [7, 11) is 0. The van der Waals surface area contributed by atoms with Crippen LogP contribution in [-0.2, 0) is 0 Å². The highest BCUT2D eigenvalue weighted by Gasteiger charge is 2.47. The summed E-state index contributed by atoms with van der Waals surface area (Å²) in [5.74, 6) is 0. The summed E-state index contributed by atoms with van der Waals surface area (Å²) in [5.41, 5.74) is 1.13. The topological polar surface area (TPSA) is 23.5 Å². The zero-order valence-corrected chi connectivity index (χ0v) is 11.0. The standard InChI is InChI=1S/C12H21NO.C2H6/c14-10-12(3-4-12)9-13-7-5-11(1-2-11)6-8-13;1-2/h14H,1-10H2;1-2H3. The SMILES string of the molecule is CC.OCC1(CN2CCC3(CC2)CC3)CC1. The van der Waals surface area contributed by atoms with E-state index in [1.165, 1.54) is 58.2 Å². The zero-order chi connectivity index (χ0) is 11.6. The van der Waals surface area contributed by atoms with Gasteiger partial charge in [-0.1, -0.05) is 13.8 Å². The van der Waals surface area contributed by atoms with Crippen LogP contribution < -0.4 is 0 Å². The Labute approximate surface area is 100 Å². The van der Waals surface area contributed by atoms with Crippen molar-refractivity contribution in [2.24, 2.45) is 10.8 Å². The van der Waals surface area contributed by atoms with E-state index in [9.17, 15) is 5.11 Å². The Morgan fingerprint density at radius 1 is 0.938 bits per heavy atom. The van der Waals surface area contributed by atoms with Crippen molar-refractivity contribution in [3.05, 3.63) is 0 Å². The number of rotatable bonds is 3. The van der Waals surface area contributed by atoms with Gasteiger partial charge in [0.1, 0.15) is 0 Å². The van der Waals surface area contributed by atoms with E-state index in [4.69, 9.17) is 0 Å². The van der Waals surface area contributed by atoms with Crippen LogP contribution in [0.4, 0.5) is 0 Å². The molecule has 1 spiro atoms. The molecule has 0 amide bonds. The van der Waals surface area contributed by atoms with Crippen molar-refractivity contribution in [1.82, 2.24) is 4.90 Å². The van der Waals surface area contributed by atoms with Crippen LogP contribution in [0.25, 0.3) is 0 Å². The van der Waals surface area contributed by atoms with E-state index in [0.717, 1.165) is 5.41 Å². The van der Waals surface area contributed by atoms with Gasteiger partial charge in [-0.15, -0.1) is 0 Å². The Kier molecular flexibility index (Phi) is 3.60. The van der Waals surface area contributed by atoms with E-state index >= 15 is 0 Å². The lowest BCUT2D eigenvalue weighted by atomic mass is 9.93. The molecule has 2 heteroatoms. The number of aliphatic hydroxyl groups excluding tert-OH is 1. The predicted octanol–water partition coefficient (Wildman–Crippen LogP) is 2.66. The van der Waals surface area contributed by atoms with Crippen molar-refractivity contribution < 1.29 is 5.11 Å². The average molecular weight is 225 g/mol. The number of piperidine rings is 1. The van der Waals surface area contributed by atoms with Crippen LogP contribution in [0.1, 0.15) is 52.4 Å². The summed E-state index contributed by atoms with van der Waals surface area (Å²) in [6, 6.07) is 0. The van der Waals surface area contributed by atoms with Crippen molar-refractivity contribution in [1.29, 1.82) is 0 Å². The van der Waals surface area contributed by atoms with Gasteiger partial charge in [0, 0.05) is 18.6 Å². The smallest absolute Gasteiger partial charge is 0.0499 e. The molecule has 1 saturated heterocycles. The first-order valence-corrected chi connectivity index (χ1v) is 7.09. The lowest BCUT2D eigenvalue weighted by molar-refractivity contribution is 0.111. The van der Waals surface area contributed by atoms with E-state index in [1.54, 1.807) is 0 Å². The molecule has 3 rings (SSSR count). The molecule has 16 heavy (non-hydrogen) atoms. The average Bonchev–Trinajstić information content (AvgIpc) is 3.24. The second kappa shape index (κ2) is 4.66.